The zero-order chi connectivity index (χ0) is 14.0. The number of methoxy groups -OCH3 is 1. The molecule has 2 amide bonds. The number of carbonyl (C=O) groups excluding carboxylic acids is 1. The van der Waals surface area contributed by atoms with Crippen molar-refractivity contribution in [2.24, 2.45) is 0 Å². The summed E-state index contributed by atoms with van der Waals surface area (Å²) in [7, 11) is 1.42. The first kappa shape index (κ1) is 16.4. The SMILES string of the molecule is C=CCN(CCC)C(=O)NCC(CC(=O)O)OC. The molecule has 6 heteroatoms. The van der Waals surface area contributed by atoms with Gasteiger partial charge in [-0.05, 0) is 6.42 Å². The van der Waals surface area contributed by atoms with Crippen molar-refractivity contribution in [2.45, 2.75) is 25.9 Å². The lowest BCUT2D eigenvalue weighted by Gasteiger charge is -2.22. The standard InChI is InChI=1S/C12H22N2O4/c1-4-6-14(7-5-2)12(17)13-9-10(18-3)8-11(15)16/h4,10H,1,5-9H2,2-3H3,(H,13,17)(H,15,16). The van der Waals surface area contributed by atoms with Gasteiger partial charge in [-0.25, -0.2) is 4.79 Å². The average Bonchev–Trinajstić information content (AvgIpc) is 2.33. The molecule has 104 valence electrons. The van der Waals surface area contributed by atoms with Crippen molar-refractivity contribution in [1.82, 2.24) is 10.2 Å². The fourth-order valence-electron chi connectivity index (χ4n) is 1.45. The maximum atomic E-state index is 11.8. The van der Waals surface area contributed by atoms with Crippen molar-refractivity contribution in [3.63, 3.8) is 0 Å². The van der Waals surface area contributed by atoms with Crippen LogP contribution in [0.4, 0.5) is 4.79 Å². The Morgan fingerprint density at radius 2 is 2.22 bits per heavy atom. The van der Waals surface area contributed by atoms with E-state index in [4.69, 9.17) is 9.84 Å². The highest BCUT2D eigenvalue weighted by atomic mass is 16.5. The monoisotopic (exact) mass is 258 g/mol. The summed E-state index contributed by atoms with van der Waals surface area (Å²) in [6.45, 7) is 6.85. The van der Waals surface area contributed by atoms with Crippen LogP contribution in [-0.2, 0) is 9.53 Å². The number of carboxylic acids is 1. The molecule has 2 N–H and O–H groups in total. The third-order valence-electron chi connectivity index (χ3n) is 2.35. The van der Waals surface area contributed by atoms with E-state index >= 15 is 0 Å². The number of hydrogen-bond acceptors (Lipinski definition) is 3. The molecule has 0 aliphatic carbocycles. The quantitative estimate of drug-likeness (QED) is 0.607. The van der Waals surface area contributed by atoms with E-state index in [-0.39, 0.29) is 19.0 Å². The van der Waals surface area contributed by atoms with Gasteiger partial charge in [0.1, 0.15) is 0 Å². The summed E-state index contributed by atoms with van der Waals surface area (Å²) in [6.07, 6.45) is 1.86. The summed E-state index contributed by atoms with van der Waals surface area (Å²) in [5.74, 6) is -0.951. The van der Waals surface area contributed by atoms with Crippen molar-refractivity contribution < 1.29 is 19.4 Å². The van der Waals surface area contributed by atoms with Crippen LogP contribution in [0.15, 0.2) is 12.7 Å². The van der Waals surface area contributed by atoms with Crippen LogP contribution >= 0.6 is 0 Å². The van der Waals surface area contributed by atoms with Gasteiger partial charge in [-0.15, -0.1) is 6.58 Å². The fraction of sp³-hybridized carbons (Fsp3) is 0.667. The number of carboxylic acid groups (broad SMARTS) is 1. The number of nitrogens with one attached hydrogen (secondary N) is 1. The predicted molar refractivity (Wildman–Crippen MR) is 68.5 cm³/mol. The van der Waals surface area contributed by atoms with Gasteiger partial charge in [0.15, 0.2) is 0 Å². The summed E-state index contributed by atoms with van der Waals surface area (Å²) < 4.78 is 4.98. The Balaban J connectivity index is 4.18. The number of amides is 2. The second kappa shape index (κ2) is 9.47. The number of urea groups is 1. The summed E-state index contributed by atoms with van der Waals surface area (Å²) in [5, 5.41) is 11.3. The minimum atomic E-state index is -0.951. The summed E-state index contributed by atoms with van der Waals surface area (Å²) in [4.78, 5) is 23.9. The van der Waals surface area contributed by atoms with Crippen molar-refractivity contribution in [3.8, 4) is 0 Å². The maximum Gasteiger partial charge on any atom is 0.317 e. The highest BCUT2D eigenvalue weighted by Crippen LogP contribution is 1.98. The Kier molecular flexibility index (Phi) is 8.65. The molecule has 0 saturated carbocycles. The zero-order valence-corrected chi connectivity index (χ0v) is 11.0. The number of hydrogen-bond donors (Lipinski definition) is 2. The molecule has 0 rings (SSSR count). The van der Waals surface area contributed by atoms with E-state index < -0.39 is 12.1 Å². The highest BCUT2D eigenvalue weighted by molar-refractivity contribution is 5.74. The largest absolute Gasteiger partial charge is 0.481 e. The molecule has 0 spiro atoms. The van der Waals surface area contributed by atoms with Crippen LogP contribution in [0, 0.1) is 0 Å². The third-order valence-corrected chi connectivity index (χ3v) is 2.35. The van der Waals surface area contributed by atoms with E-state index in [1.807, 2.05) is 6.92 Å². The van der Waals surface area contributed by atoms with Crippen LogP contribution in [0.2, 0.25) is 0 Å². The van der Waals surface area contributed by atoms with E-state index in [2.05, 4.69) is 11.9 Å². The van der Waals surface area contributed by atoms with Gasteiger partial charge in [-0.2, -0.15) is 0 Å². The first-order valence-electron chi connectivity index (χ1n) is 5.93. The molecule has 0 aliphatic rings. The zero-order valence-electron chi connectivity index (χ0n) is 11.0. The second-order valence-corrected chi connectivity index (χ2v) is 3.88. The Morgan fingerprint density at radius 3 is 2.67 bits per heavy atom. The Labute approximate surface area is 108 Å². The lowest BCUT2D eigenvalue weighted by atomic mass is 10.2. The predicted octanol–water partition coefficient (Wildman–Crippen LogP) is 1.08. The number of aliphatic carboxylic acids is 1. The number of ether oxygens (including phenoxy) is 1. The number of nitrogens with zero attached hydrogens (tertiary/aromatic N) is 1. The minimum Gasteiger partial charge on any atom is -0.481 e. The van der Waals surface area contributed by atoms with Gasteiger partial charge in [0.2, 0.25) is 0 Å². The van der Waals surface area contributed by atoms with Crippen LogP contribution in [0.25, 0.3) is 0 Å². The summed E-state index contributed by atoms with van der Waals surface area (Å²) in [5.41, 5.74) is 0. The molecular weight excluding hydrogens is 236 g/mol. The molecular formula is C12H22N2O4. The first-order valence-corrected chi connectivity index (χ1v) is 5.93. The molecule has 18 heavy (non-hydrogen) atoms. The summed E-state index contributed by atoms with van der Waals surface area (Å²) >= 11 is 0. The molecule has 0 fully saturated rings. The smallest absolute Gasteiger partial charge is 0.317 e. The van der Waals surface area contributed by atoms with Crippen molar-refractivity contribution in [3.05, 3.63) is 12.7 Å². The molecule has 1 atom stereocenters. The van der Waals surface area contributed by atoms with E-state index in [0.717, 1.165) is 6.42 Å². The average molecular weight is 258 g/mol. The molecule has 0 aromatic heterocycles. The van der Waals surface area contributed by atoms with Gasteiger partial charge in [-0.1, -0.05) is 13.0 Å². The highest BCUT2D eigenvalue weighted by Gasteiger charge is 2.16. The Hall–Kier alpha value is -1.56. The fourth-order valence-corrected chi connectivity index (χ4v) is 1.45. The van der Waals surface area contributed by atoms with Crippen LogP contribution in [0.3, 0.4) is 0 Å². The molecule has 0 heterocycles. The topological polar surface area (TPSA) is 78.9 Å². The molecule has 0 radical (unpaired) electrons. The third kappa shape index (κ3) is 6.90. The van der Waals surface area contributed by atoms with Crippen LogP contribution < -0.4 is 5.32 Å². The van der Waals surface area contributed by atoms with E-state index in [9.17, 15) is 9.59 Å². The molecule has 1 unspecified atom stereocenters. The van der Waals surface area contributed by atoms with Crippen LogP contribution in [-0.4, -0.2) is 54.9 Å². The molecule has 0 aliphatic heterocycles. The van der Waals surface area contributed by atoms with Crippen molar-refractivity contribution in [2.75, 3.05) is 26.7 Å². The first-order chi connectivity index (χ1) is 8.54. The van der Waals surface area contributed by atoms with Gasteiger partial charge >= 0.3 is 12.0 Å². The van der Waals surface area contributed by atoms with Gasteiger partial charge in [0, 0.05) is 26.7 Å². The molecule has 0 aromatic carbocycles. The lowest BCUT2D eigenvalue weighted by molar-refractivity contribution is -0.139. The van der Waals surface area contributed by atoms with E-state index in [1.165, 1.54) is 7.11 Å². The van der Waals surface area contributed by atoms with Gasteiger partial charge in [-0.3, -0.25) is 4.79 Å². The normalized spacial score (nSPS) is 11.7. The number of rotatable bonds is 9. The van der Waals surface area contributed by atoms with Crippen molar-refractivity contribution >= 4 is 12.0 Å². The summed E-state index contributed by atoms with van der Waals surface area (Å²) in [6, 6.07) is -0.232. The van der Waals surface area contributed by atoms with Crippen molar-refractivity contribution in [1.29, 1.82) is 0 Å². The Bertz CT molecular complexity index is 281. The van der Waals surface area contributed by atoms with Crippen LogP contribution in [0.5, 0.6) is 0 Å². The Morgan fingerprint density at radius 1 is 1.56 bits per heavy atom. The van der Waals surface area contributed by atoms with Gasteiger partial charge in [0.25, 0.3) is 0 Å². The molecule has 0 aromatic rings. The van der Waals surface area contributed by atoms with E-state index in [0.29, 0.717) is 13.1 Å². The lowest BCUT2D eigenvalue weighted by Crippen LogP contribution is -2.44. The minimum absolute atomic E-state index is 0.133. The molecule has 0 bridgehead atoms. The number of carbonyl (C=O) groups is 2. The second-order valence-electron chi connectivity index (χ2n) is 3.88. The molecule has 6 nitrogen and oxygen atoms in total. The molecule has 0 saturated heterocycles. The van der Waals surface area contributed by atoms with Gasteiger partial charge < -0.3 is 20.1 Å². The van der Waals surface area contributed by atoms with E-state index in [1.54, 1.807) is 11.0 Å². The van der Waals surface area contributed by atoms with Crippen LogP contribution in [0.1, 0.15) is 19.8 Å². The maximum absolute atomic E-state index is 11.8. The van der Waals surface area contributed by atoms with Gasteiger partial charge in [0.05, 0.1) is 12.5 Å².